The zero-order chi connectivity index (χ0) is 14.5. The van der Waals surface area contributed by atoms with Gasteiger partial charge in [0.2, 0.25) is 0 Å². The molecule has 4 nitrogen and oxygen atoms in total. The van der Waals surface area contributed by atoms with Gasteiger partial charge in [-0.05, 0) is 32.4 Å². The molecule has 2 rings (SSSR count). The first-order valence-corrected chi connectivity index (χ1v) is 7.23. The van der Waals surface area contributed by atoms with E-state index in [1.165, 1.54) is 0 Å². The summed E-state index contributed by atoms with van der Waals surface area (Å²) in [4.78, 5) is 14.5. The van der Waals surface area contributed by atoms with Crippen LogP contribution in [0, 0.1) is 6.92 Å². The number of likely N-dealkylation sites (tertiary alicyclic amines) is 1. The second kappa shape index (κ2) is 6.66. The van der Waals surface area contributed by atoms with Crippen LogP contribution in [0.25, 0.3) is 0 Å². The molecule has 1 aliphatic rings. The first-order valence-electron chi connectivity index (χ1n) is 7.23. The minimum absolute atomic E-state index is 0.123. The molecule has 0 saturated carbocycles. The predicted molar refractivity (Wildman–Crippen MR) is 82.0 cm³/mol. The summed E-state index contributed by atoms with van der Waals surface area (Å²) in [7, 11) is 0. The summed E-state index contributed by atoms with van der Waals surface area (Å²) >= 11 is 0. The fourth-order valence-electron chi connectivity index (χ4n) is 2.43. The molecule has 0 bridgehead atoms. The molecule has 1 saturated heterocycles. The fourth-order valence-corrected chi connectivity index (χ4v) is 2.43. The lowest BCUT2D eigenvalue weighted by Gasteiger charge is -2.30. The van der Waals surface area contributed by atoms with Crippen molar-refractivity contribution in [2.75, 3.05) is 13.1 Å². The fraction of sp³-hybridized carbons (Fsp3) is 0.500. The summed E-state index contributed by atoms with van der Waals surface area (Å²) in [6.45, 7) is 8.40. The van der Waals surface area contributed by atoms with E-state index in [4.69, 9.17) is 0 Å². The molecule has 0 atom stereocenters. The van der Waals surface area contributed by atoms with Crippen LogP contribution in [0.15, 0.2) is 29.4 Å². The maximum absolute atomic E-state index is 12.1. The van der Waals surface area contributed by atoms with Crippen LogP contribution in [0.2, 0.25) is 0 Å². The largest absolute Gasteiger partial charge is 0.300 e. The third kappa shape index (κ3) is 3.67. The van der Waals surface area contributed by atoms with Crippen LogP contribution >= 0.6 is 0 Å². The average molecular weight is 273 g/mol. The maximum atomic E-state index is 12.1. The standard InChI is InChI=1S/C16H23N3O/c1-12(2)19-10-8-14(9-11-19)17-18-16(20)15-7-5-4-6-13(15)3/h4-7,12H,8-11H2,1-3H3,(H,18,20). The van der Waals surface area contributed by atoms with Crippen LogP contribution in [0.3, 0.4) is 0 Å². The van der Waals surface area contributed by atoms with Gasteiger partial charge in [-0.15, -0.1) is 0 Å². The lowest BCUT2D eigenvalue weighted by Crippen LogP contribution is -2.39. The van der Waals surface area contributed by atoms with E-state index in [-0.39, 0.29) is 5.91 Å². The van der Waals surface area contributed by atoms with Gasteiger partial charge in [-0.3, -0.25) is 4.79 Å². The molecular weight excluding hydrogens is 250 g/mol. The minimum Gasteiger partial charge on any atom is -0.300 e. The Labute approximate surface area is 120 Å². The molecule has 1 aromatic carbocycles. The predicted octanol–water partition coefficient (Wildman–Crippen LogP) is 2.59. The number of rotatable bonds is 3. The zero-order valence-corrected chi connectivity index (χ0v) is 12.5. The van der Waals surface area contributed by atoms with Crippen molar-refractivity contribution >= 4 is 11.6 Å². The van der Waals surface area contributed by atoms with E-state index in [2.05, 4.69) is 29.3 Å². The van der Waals surface area contributed by atoms with Crippen molar-refractivity contribution in [3.63, 3.8) is 0 Å². The van der Waals surface area contributed by atoms with Gasteiger partial charge in [0.05, 0.1) is 0 Å². The highest BCUT2D eigenvalue weighted by Gasteiger charge is 2.17. The Morgan fingerprint density at radius 2 is 1.90 bits per heavy atom. The number of hydrazone groups is 1. The quantitative estimate of drug-likeness (QED) is 0.860. The molecule has 1 aliphatic heterocycles. The van der Waals surface area contributed by atoms with Crippen molar-refractivity contribution in [2.24, 2.45) is 5.10 Å². The molecule has 20 heavy (non-hydrogen) atoms. The van der Waals surface area contributed by atoms with Crippen LogP contribution in [0.5, 0.6) is 0 Å². The van der Waals surface area contributed by atoms with Gasteiger partial charge in [0.25, 0.3) is 5.91 Å². The Hall–Kier alpha value is -1.68. The number of aryl methyl sites for hydroxylation is 1. The first-order chi connectivity index (χ1) is 9.58. The van der Waals surface area contributed by atoms with E-state index < -0.39 is 0 Å². The second-order valence-electron chi connectivity index (χ2n) is 5.56. The van der Waals surface area contributed by atoms with E-state index in [9.17, 15) is 4.79 Å². The lowest BCUT2D eigenvalue weighted by atomic mass is 10.1. The Kier molecular flexibility index (Phi) is 4.90. The van der Waals surface area contributed by atoms with E-state index in [0.717, 1.165) is 37.2 Å². The van der Waals surface area contributed by atoms with E-state index in [0.29, 0.717) is 11.6 Å². The summed E-state index contributed by atoms with van der Waals surface area (Å²) in [5, 5.41) is 4.28. The summed E-state index contributed by atoms with van der Waals surface area (Å²) < 4.78 is 0. The molecule has 0 aliphatic carbocycles. The highest BCUT2D eigenvalue weighted by molar-refractivity contribution is 5.96. The van der Waals surface area contributed by atoms with Gasteiger partial charge in [-0.1, -0.05) is 18.2 Å². The second-order valence-corrected chi connectivity index (χ2v) is 5.56. The molecule has 0 unspecified atom stereocenters. The summed E-state index contributed by atoms with van der Waals surface area (Å²) in [5.41, 5.74) is 5.43. The van der Waals surface area contributed by atoms with E-state index in [1.54, 1.807) is 0 Å². The molecular formula is C16H23N3O. The Balaban J connectivity index is 1.91. The number of amides is 1. The lowest BCUT2D eigenvalue weighted by molar-refractivity contribution is 0.0953. The first kappa shape index (κ1) is 14.7. The molecule has 4 heteroatoms. The maximum Gasteiger partial charge on any atom is 0.271 e. The highest BCUT2D eigenvalue weighted by Crippen LogP contribution is 2.11. The Morgan fingerprint density at radius 1 is 1.25 bits per heavy atom. The molecule has 1 amide bonds. The molecule has 0 radical (unpaired) electrons. The van der Waals surface area contributed by atoms with E-state index >= 15 is 0 Å². The van der Waals surface area contributed by atoms with Crippen molar-refractivity contribution < 1.29 is 4.79 Å². The Bertz CT molecular complexity index is 498. The molecule has 1 heterocycles. The number of carbonyl (C=O) groups is 1. The smallest absolute Gasteiger partial charge is 0.271 e. The number of hydrogen-bond donors (Lipinski definition) is 1. The molecule has 1 fully saturated rings. The number of nitrogens with zero attached hydrogens (tertiary/aromatic N) is 2. The monoisotopic (exact) mass is 273 g/mol. The number of hydrogen-bond acceptors (Lipinski definition) is 3. The van der Waals surface area contributed by atoms with Crippen molar-refractivity contribution in [1.29, 1.82) is 0 Å². The van der Waals surface area contributed by atoms with Gasteiger partial charge in [0.1, 0.15) is 0 Å². The molecule has 0 aromatic heterocycles. The minimum atomic E-state index is -0.123. The van der Waals surface area contributed by atoms with Crippen molar-refractivity contribution in [3.05, 3.63) is 35.4 Å². The molecule has 0 spiro atoms. The van der Waals surface area contributed by atoms with E-state index in [1.807, 2.05) is 31.2 Å². The summed E-state index contributed by atoms with van der Waals surface area (Å²) in [5.74, 6) is -0.123. The number of benzene rings is 1. The third-order valence-electron chi connectivity index (χ3n) is 3.81. The van der Waals surface area contributed by atoms with Crippen molar-refractivity contribution in [3.8, 4) is 0 Å². The van der Waals surface area contributed by atoms with Crippen LogP contribution in [0.4, 0.5) is 0 Å². The molecule has 1 aromatic rings. The number of nitrogens with one attached hydrogen (secondary N) is 1. The number of carbonyl (C=O) groups excluding carboxylic acids is 1. The summed E-state index contributed by atoms with van der Waals surface area (Å²) in [6, 6.07) is 8.14. The molecule has 1 N–H and O–H groups in total. The van der Waals surface area contributed by atoms with Gasteiger partial charge in [0.15, 0.2) is 0 Å². The average Bonchev–Trinajstić information content (AvgIpc) is 2.45. The van der Waals surface area contributed by atoms with Gasteiger partial charge >= 0.3 is 0 Å². The highest BCUT2D eigenvalue weighted by atomic mass is 16.2. The van der Waals surface area contributed by atoms with Crippen molar-refractivity contribution in [1.82, 2.24) is 10.3 Å². The SMILES string of the molecule is Cc1ccccc1C(=O)NN=C1CCN(C(C)C)CC1. The summed E-state index contributed by atoms with van der Waals surface area (Å²) in [6.07, 6.45) is 1.87. The topological polar surface area (TPSA) is 44.7 Å². The van der Waals surface area contributed by atoms with Gasteiger partial charge in [-0.2, -0.15) is 5.10 Å². The van der Waals surface area contributed by atoms with Gasteiger partial charge in [-0.25, -0.2) is 5.43 Å². The molecule has 108 valence electrons. The van der Waals surface area contributed by atoms with Crippen LogP contribution in [0.1, 0.15) is 42.6 Å². The Morgan fingerprint density at radius 3 is 2.50 bits per heavy atom. The van der Waals surface area contributed by atoms with Crippen molar-refractivity contribution in [2.45, 2.75) is 39.7 Å². The van der Waals surface area contributed by atoms with Crippen LogP contribution in [-0.4, -0.2) is 35.7 Å². The van der Waals surface area contributed by atoms with Gasteiger partial charge < -0.3 is 4.90 Å². The zero-order valence-electron chi connectivity index (χ0n) is 12.5. The van der Waals surface area contributed by atoms with Crippen LogP contribution in [-0.2, 0) is 0 Å². The number of piperidine rings is 1. The normalized spacial score (nSPS) is 16.3. The van der Waals surface area contributed by atoms with Gasteiger partial charge in [0, 0.05) is 43.2 Å². The van der Waals surface area contributed by atoms with Crippen LogP contribution < -0.4 is 5.43 Å². The third-order valence-corrected chi connectivity index (χ3v) is 3.81.